The molecule has 136 valence electrons. The second kappa shape index (κ2) is 8.87. The molecule has 1 aliphatic heterocycles. The van der Waals surface area contributed by atoms with Gasteiger partial charge in [-0.2, -0.15) is 0 Å². The van der Waals surface area contributed by atoms with Gasteiger partial charge in [-0.15, -0.1) is 0 Å². The number of carbonyl (C=O) groups excluding carboxylic acids is 2. The van der Waals surface area contributed by atoms with Gasteiger partial charge in [0, 0.05) is 22.9 Å². The van der Waals surface area contributed by atoms with Crippen LogP contribution in [0.15, 0.2) is 64.4 Å². The first-order valence-electron chi connectivity index (χ1n) is 8.69. The maximum Gasteiger partial charge on any atom is 0.252 e. The molecule has 1 N–H and O–H groups in total. The zero-order valence-corrected chi connectivity index (χ0v) is 15.5. The van der Waals surface area contributed by atoms with Crippen molar-refractivity contribution in [3.63, 3.8) is 0 Å². The molecule has 0 aliphatic carbocycles. The predicted molar refractivity (Wildman–Crippen MR) is 102 cm³/mol. The van der Waals surface area contributed by atoms with E-state index in [1.807, 2.05) is 61.5 Å². The van der Waals surface area contributed by atoms with Crippen molar-refractivity contribution in [3.05, 3.63) is 54.6 Å². The Morgan fingerprint density at radius 1 is 1.19 bits per heavy atom. The summed E-state index contributed by atoms with van der Waals surface area (Å²) >= 11 is 1.59. The lowest BCUT2D eigenvalue weighted by Gasteiger charge is -2.31. The average molecular weight is 370 g/mol. The molecule has 0 spiro atoms. The quantitative estimate of drug-likeness (QED) is 0.847. The number of hydrogen-bond donors (Lipinski definition) is 1. The fraction of sp³-hybridized carbons (Fsp3) is 0.300. The monoisotopic (exact) mass is 370 g/mol. The average Bonchev–Trinajstić information content (AvgIpc) is 2.66. The normalized spacial score (nSPS) is 17.2. The molecule has 0 saturated carbocycles. The van der Waals surface area contributed by atoms with Crippen molar-refractivity contribution in [1.82, 2.24) is 4.90 Å². The highest BCUT2D eigenvalue weighted by molar-refractivity contribution is 7.99. The largest absolute Gasteiger partial charge is 0.366 e. The smallest absolute Gasteiger partial charge is 0.252 e. The molecule has 0 aromatic heterocycles. The molecule has 1 atom stereocenters. The molecule has 0 unspecified atom stereocenters. The SMILES string of the molecule is CCN1CCO[C@@H](CC(=O)Nc2ccccc2Sc2ccccc2)C1=O. The zero-order chi connectivity index (χ0) is 18.4. The van der Waals surface area contributed by atoms with E-state index in [0.717, 1.165) is 15.5 Å². The van der Waals surface area contributed by atoms with E-state index in [0.29, 0.717) is 19.7 Å². The second-order valence-electron chi connectivity index (χ2n) is 5.94. The van der Waals surface area contributed by atoms with Gasteiger partial charge < -0.3 is 15.0 Å². The van der Waals surface area contributed by atoms with Crippen molar-refractivity contribution >= 4 is 29.3 Å². The van der Waals surface area contributed by atoms with Crippen LogP contribution in [0.2, 0.25) is 0 Å². The Morgan fingerprint density at radius 2 is 1.92 bits per heavy atom. The maximum atomic E-state index is 12.5. The molecule has 2 amide bonds. The molecule has 6 heteroatoms. The molecular formula is C20H22N2O3S. The molecule has 2 aromatic carbocycles. The van der Waals surface area contributed by atoms with Crippen molar-refractivity contribution in [2.75, 3.05) is 25.0 Å². The summed E-state index contributed by atoms with van der Waals surface area (Å²) in [5.74, 6) is -0.330. The van der Waals surface area contributed by atoms with Gasteiger partial charge in [-0.05, 0) is 31.2 Å². The van der Waals surface area contributed by atoms with Crippen LogP contribution < -0.4 is 5.32 Å². The van der Waals surface area contributed by atoms with Gasteiger partial charge in [0.15, 0.2) is 0 Å². The Labute approximate surface area is 157 Å². The Hall–Kier alpha value is -2.31. The van der Waals surface area contributed by atoms with Gasteiger partial charge in [-0.3, -0.25) is 9.59 Å². The first kappa shape index (κ1) is 18.5. The highest BCUT2D eigenvalue weighted by atomic mass is 32.2. The molecule has 3 rings (SSSR count). The van der Waals surface area contributed by atoms with Gasteiger partial charge in [-0.25, -0.2) is 0 Å². The van der Waals surface area contributed by atoms with E-state index in [9.17, 15) is 9.59 Å². The molecule has 5 nitrogen and oxygen atoms in total. The number of benzene rings is 2. The minimum Gasteiger partial charge on any atom is -0.366 e. The van der Waals surface area contributed by atoms with E-state index >= 15 is 0 Å². The molecule has 1 heterocycles. The molecule has 1 aliphatic rings. The zero-order valence-electron chi connectivity index (χ0n) is 14.7. The number of ether oxygens (including phenoxy) is 1. The number of carbonyl (C=O) groups is 2. The fourth-order valence-corrected chi connectivity index (χ4v) is 3.72. The summed E-state index contributed by atoms with van der Waals surface area (Å²) < 4.78 is 5.50. The highest BCUT2D eigenvalue weighted by Gasteiger charge is 2.30. The first-order valence-corrected chi connectivity index (χ1v) is 9.51. The molecule has 1 saturated heterocycles. The van der Waals surface area contributed by atoms with Crippen molar-refractivity contribution in [1.29, 1.82) is 0 Å². The van der Waals surface area contributed by atoms with E-state index in [-0.39, 0.29) is 18.2 Å². The summed E-state index contributed by atoms with van der Waals surface area (Å²) in [6.07, 6.45) is -0.669. The van der Waals surface area contributed by atoms with Gasteiger partial charge >= 0.3 is 0 Å². The number of anilines is 1. The number of nitrogens with one attached hydrogen (secondary N) is 1. The van der Waals surface area contributed by atoms with E-state index in [4.69, 9.17) is 4.74 Å². The Kier molecular flexibility index (Phi) is 6.30. The van der Waals surface area contributed by atoms with Crippen molar-refractivity contribution in [3.8, 4) is 0 Å². The lowest BCUT2D eigenvalue weighted by Crippen LogP contribution is -2.48. The summed E-state index contributed by atoms with van der Waals surface area (Å²) in [5.41, 5.74) is 0.738. The van der Waals surface area contributed by atoms with Crippen molar-refractivity contribution in [2.45, 2.75) is 29.2 Å². The van der Waals surface area contributed by atoms with Crippen molar-refractivity contribution < 1.29 is 14.3 Å². The molecule has 0 radical (unpaired) electrons. The van der Waals surface area contributed by atoms with Crippen LogP contribution in [0.3, 0.4) is 0 Å². The number of hydrogen-bond acceptors (Lipinski definition) is 4. The maximum absolute atomic E-state index is 12.5. The number of amides is 2. The van der Waals surface area contributed by atoms with Crippen LogP contribution in [0, 0.1) is 0 Å². The van der Waals surface area contributed by atoms with Crippen molar-refractivity contribution in [2.24, 2.45) is 0 Å². The highest BCUT2D eigenvalue weighted by Crippen LogP contribution is 2.33. The van der Waals surface area contributed by atoms with Gasteiger partial charge in [0.05, 0.1) is 18.7 Å². The summed E-state index contributed by atoms with van der Waals surface area (Å²) in [6, 6.07) is 17.6. The topological polar surface area (TPSA) is 58.6 Å². The Balaban J connectivity index is 1.65. The summed E-state index contributed by atoms with van der Waals surface area (Å²) in [4.78, 5) is 28.5. The number of morpholine rings is 1. The van der Waals surface area contributed by atoms with Crippen LogP contribution in [-0.2, 0) is 14.3 Å². The summed E-state index contributed by atoms with van der Waals surface area (Å²) in [6.45, 7) is 3.62. The van der Waals surface area contributed by atoms with Gasteiger partial charge in [0.2, 0.25) is 5.91 Å². The Bertz CT molecular complexity index is 767. The summed E-state index contributed by atoms with van der Waals surface area (Å²) in [5, 5.41) is 2.92. The number of nitrogens with zero attached hydrogens (tertiary/aromatic N) is 1. The third-order valence-corrected chi connectivity index (χ3v) is 5.24. The second-order valence-corrected chi connectivity index (χ2v) is 7.06. The molecular weight excluding hydrogens is 348 g/mol. The number of rotatable bonds is 6. The lowest BCUT2D eigenvalue weighted by atomic mass is 10.1. The minimum absolute atomic E-state index is 0.0275. The molecule has 26 heavy (non-hydrogen) atoms. The molecule has 2 aromatic rings. The fourth-order valence-electron chi connectivity index (χ4n) is 2.79. The van der Waals surface area contributed by atoms with E-state index in [1.54, 1.807) is 16.7 Å². The van der Waals surface area contributed by atoms with E-state index in [2.05, 4.69) is 5.32 Å². The van der Waals surface area contributed by atoms with E-state index in [1.165, 1.54) is 0 Å². The lowest BCUT2D eigenvalue weighted by molar-refractivity contribution is -0.154. The van der Waals surface area contributed by atoms with Crippen LogP contribution in [0.1, 0.15) is 13.3 Å². The standard InChI is InChI=1S/C20H22N2O3S/c1-2-22-12-13-25-17(20(22)24)14-19(23)21-16-10-6-7-11-18(16)26-15-8-4-3-5-9-15/h3-11,17H,2,12-14H2,1H3,(H,21,23)/t17-/m0/s1. The van der Waals surface area contributed by atoms with Gasteiger partial charge in [0.1, 0.15) is 6.10 Å². The predicted octanol–water partition coefficient (Wildman–Crippen LogP) is 3.41. The van der Waals surface area contributed by atoms with Crippen LogP contribution in [-0.4, -0.2) is 42.5 Å². The third kappa shape index (κ3) is 4.65. The van der Waals surface area contributed by atoms with Crippen LogP contribution in [0.25, 0.3) is 0 Å². The van der Waals surface area contributed by atoms with Gasteiger partial charge in [-0.1, -0.05) is 42.1 Å². The molecule has 0 bridgehead atoms. The number of para-hydroxylation sites is 1. The minimum atomic E-state index is -0.697. The van der Waals surface area contributed by atoms with Crippen LogP contribution in [0.4, 0.5) is 5.69 Å². The number of likely N-dealkylation sites (N-methyl/N-ethyl adjacent to an activating group) is 1. The van der Waals surface area contributed by atoms with Crippen LogP contribution in [0.5, 0.6) is 0 Å². The third-order valence-electron chi connectivity index (χ3n) is 4.15. The Morgan fingerprint density at radius 3 is 2.69 bits per heavy atom. The molecule has 1 fully saturated rings. The van der Waals surface area contributed by atoms with Gasteiger partial charge in [0.25, 0.3) is 5.91 Å². The first-order chi connectivity index (χ1) is 12.7. The summed E-state index contributed by atoms with van der Waals surface area (Å²) in [7, 11) is 0. The van der Waals surface area contributed by atoms with Crippen LogP contribution >= 0.6 is 11.8 Å². The van der Waals surface area contributed by atoms with E-state index < -0.39 is 6.10 Å².